The van der Waals surface area contributed by atoms with Crippen molar-refractivity contribution in [3.63, 3.8) is 0 Å². The van der Waals surface area contributed by atoms with Crippen molar-refractivity contribution in [1.29, 1.82) is 0 Å². The average Bonchev–Trinajstić information content (AvgIpc) is 2.72. The zero-order valence-electron chi connectivity index (χ0n) is 8.85. The fourth-order valence-electron chi connectivity index (χ4n) is 2.32. The number of hydrogen-bond donors (Lipinski definition) is 0. The van der Waals surface area contributed by atoms with Crippen molar-refractivity contribution in [1.82, 2.24) is 0 Å². The van der Waals surface area contributed by atoms with Gasteiger partial charge in [-0.2, -0.15) is 0 Å². The lowest BCUT2D eigenvalue weighted by Crippen LogP contribution is -2.12. The molecule has 0 spiro atoms. The molecular formula is C14H12O2. The normalized spacial score (nSPS) is 18.1. The number of benzene rings is 2. The van der Waals surface area contributed by atoms with Gasteiger partial charge in [0.15, 0.2) is 0 Å². The van der Waals surface area contributed by atoms with E-state index in [-0.39, 0.29) is 6.10 Å². The molecule has 0 radical (unpaired) electrons. The van der Waals surface area contributed by atoms with Crippen LogP contribution in [0.25, 0.3) is 10.8 Å². The van der Waals surface area contributed by atoms with Crippen molar-refractivity contribution in [2.45, 2.75) is 18.9 Å². The van der Waals surface area contributed by atoms with Gasteiger partial charge in [0.1, 0.15) is 18.1 Å². The molecule has 1 unspecified atom stereocenters. The zero-order valence-corrected chi connectivity index (χ0v) is 8.85. The maximum Gasteiger partial charge on any atom is 0.123 e. The Bertz CT molecular complexity index is 545. The largest absolute Gasteiger partial charge is 0.489 e. The van der Waals surface area contributed by atoms with Gasteiger partial charge in [-0.05, 0) is 16.8 Å². The summed E-state index contributed by atoms with van der Waals surface area (Å²) in [6.07, 6.45) is 2.27. The van der Waals surface area contributed by atoms with Gasteiger partial charge in [0.05, 0.1) is 0 Å². The summed E-state index contributed by atoms with van der Waals surface area (Å²) in [7, 11) is 0. The van der Waals surface area contributed by atoms with Crippen LogP contribution < -0.4 is 4.74 Å². The second-order valence-electron chi connectivity index (χ2n) is 4.11. The van der Waals surface area contributed by atoms with Gasteiger partial charge in [0, 0.05) is 18.4 Å². The summed E-state index contributed by atoms with van der Waals surface area (Å²) in [6.45, 7) is 0. The van der Waals surface area contributed by atoms with Crippen molar-refractivity contribution < 1.29 is 9.53 Å². The summed E-state index contributed by atoms with van der Waals surface area (Å²) in [6, 6.07) is 12.4. The standard InChI is InChI=1S/C14H12O2/c15-8-7-11-9-13-12-4-2-1-3-10(12)5-6-14(13)16-11/h1-6,8,11H,7,9H2. The van der Waals surface area contributed by atoms with Gasteiger partial charge in [0.2, 0.25) is 0 Å². The third kappa shape index (κ3) is 1.38. The molecule has 0 amide bonds. The molecule has 16 heavy (non-hydrogen) atoms. The van der Waals surface area contributed by atoms with Gasteiger partial charge in [0.25, 0.3) is 0 Å². The molecule has 0 saturated carbocycles. The zero-order chi connectivity index (χ0) is 11.0. The van der Waals surface area contributed by atoms with E-state index in [1.807, 2.05) is 18.2 Å². The van der Waals surface area contributed by atoms with E-state index < -0.39 is 0 Å². The van der Waals surface area contributed by atoms with E-state index >= 15 is 0 Å². The van der Waals surface area contributed by atoms with E-state index in [4.69, 9.17) is 4.74 Å². The van der Waals surface area contributed by atoms with Gasteiger partial charge >= 0.3 is 0 Å². The number of ether oxygens (including phenoxy) is 1. The Morgan fingerprint density at radius 3 is 3.00 bits per heavy atom. The Labute approximate surface area is 93.8 Å². The van der Waals surface area contributed by atoms with Crippen LogP contribution >= 0.6 is 0 Å². The van der Waals surface area contributed by atoms with E-state index in [1.54, 1.807) is 0 Å². The van der Waals surface area contributed by atoms with Crippen LogP contribution in [0, 0.1) is 0 Å². The Hall–Kier alpha value is -1.83. The van der Waals surface area contributed by atoms with Crippen LogP contribution in [0.3, 0.4) is 0 Å². The highest BCUT2D eigenvalue weighted by Crippen LogP contribution is 2.35. The minimum Gasteiger partial charge on any atom is -0.489 e. The van der Waals surface area contributed by atoms with Crippen molar-refractivity contribution in [3.05, 3.63) is 42.0 Å². The molecule has 2 nitrogen and oxygen atoms in total. The molecule has 2 aromatic rings. The molecule has 80 valence electrons. The fraction of sp³-hybridized carbons (Fsp3) is 0.214. The highest BCUT2D eigenvalue weighted by Gasteiger charge is 2.23. The van der Waals surface area contributed by atoms with E-state index in [9.17, 15) is 4.79 Å². The minimum absolute atomic E-state index is 0.0262. The molecule has 1 aliphatic rings. The molecule has 0 aliphatic carbocycles. The van der Waals surface area contributed by atoms with Crippen LogP contribution in [0.15, 0.2) is 36.4 Å². The summed E-state index contributed by atoms with van der Waals surface area (Å²) < 4.78 is 5.72. The summed E-state index contributed by atoms with van der Waals surface area (Å²) in [5, 5.41) is 2.48. The molecule has 0 bridgehead atoms. The number of rotatable bonds is 2. The topological polar surface area (TPSA) is 26.3 Å². The second kappa shape index (κ2) is 3.63. The monoisotopic (exact) mass is 212 g/mol. The quantitative estimate of drug-likeness (QED) is 0.715. The Kier molecular flexibility index (Phi) is 2.13. The molecule has 0 fully saturated rings. The first kappa shape index (κ1) is 9.40. The lowest BCUT2D eigenvalue weighted by Gasteiger charge is -2.05. The molecule has 0 saturated heterocycles. The molecule has 1 aliphatic heterocycles. The molecule has 0 N–H and O–H groups in total. The van der Waals surface area contributed by atoms with E-state index in [0.29, 0.717) is 6.42 Å². The molecule has 2 heteroatoms. The van der Waals surface area contributed by atoms with Gasteiger partial charge < -0.3 is 9.53 Å². The smallest absolute Gasteiger partial charge is 0.123 e. The van der Waals surface area contributed by atoms with E-state index in [2.05, 4.69) is 18.2 Å². The first-order chi connectivity index (χ1) is 7.88. The van der Waals surface area contributed by atoms with Crippen LogP contribution in [0.4, 0.5) is 0 Å². The first-order valence-corrected chi connectivity index (χ1v) is 5.49. The number of hydrogen-bond acceptors (Lipinski definition) is 2. The van der Waals surface area contributed by atoms with Gasteiger partial charge in [-0.1, -0.05) is 30.3 Å². The lowest BCUT2D eigenvalue weighted by atomic mass is 10.0. The lowest BCUT2D eigenvalue weighted by molar-refractivity contribution is -0.109. The van der Waals surface area contributed by atoms with E-state index in [1.165, 1.54) is 16.3 Å². The summed E-state index contributed by atoms with van der Waals surface area (Å²) in [5.41, 5.74) is 1.24. The molecule has 1 heterocycles. The van der Waals surface area contributed by atoms with Crippen LogP contribution in [0.2, 0.25) is 0 Å². The highest BCUT2D eigenvalue weighted by molar-refractivity contribution is 5.88. The summed E-state index contributed by atoms with van der Waals surface area (Å²) in [4.78, 5) is 10.5. The molecule has 2 aromatic carbocycles. The predicted octanol–water partition coefficient (Wildman–Crippen LogP) is 2.73. The van der Waals surface area contributed by atoms with Crippen LogP contribution in [-0.2, 0) is 11.2 Å². The molecule has 3 rings (SSSR count). The van der Waals surface area contributed by atoms with Crippen LogP contribution in [0.1, 0.15) is 12.0 Å². The first-order valence-electron chi connectivity index (χ1n) is 5.49. The van der Waals surface area contributed by atoms with Crippen molar-refractivity contribution >= 4 is 17.1 Å². The molecular weight excluding hydrogens is 200 g/mol. The third-order valence-corrected chi connectivity index (χ3v) is 3.08. The van der Waals surface area contributed by atoms with Crippen molar-refractivity contribution in [2.24, 2.45) is 0 Å². The van der Waals surface area contributed by atoms with Gasteiger partial charge in [-0.3, -0.25) is 0 Å². The Morgan fingerprint density at radius 2 is 2.12 bits per heavy atom. The third-order valence-electron chi connectivity index (χ3n) is 3.08. The number of carbonyl (C=O) groups excluding carboxylic acids is 1. The maximum atomic E-state index is 10.5. The highest BCUT2D eigenvalue weighted by atomic mass is 16.5. The number of carbonyl (C=O) groups is 1. The number of fused-ring (bicyclic) bond motifs is 3. The Balaban J connectivity index is 2.10. The Morgan fingerprint density at radius 1 is 1.25 bits per heavy atom. The maximum absolute atomic E-state index is 10.5. The molecule has 1 atom stereocenters. The second-order valence-corrected chi connectivity index (χ2v) is 4.11. The van der Waals surface area contributed by atoms with Crippen LogP contribution in [0.5, 0.6) is 5.75 Å². The van der Waals surface area contributed by atoms with E-state index in [0.717, 1.165) is 18.5 Å². The van der Waals surface area contributed by atoms with Gasteiger partial charge in [-0.25, -0.2) is 0 Å². The average molecular weight is 212 g/mol. The minimum atomic E-state index is 0.0262. The summed E-state index contributed by atoms with van der Waals surface area (Å²) >= 11 is 0. The van der Waals surface area contributed by atoms with Crippen molar-refractivity contribution in [2.75, 3.05) is 0 Å². The van der Waals surface area contributed by atoms with Gasteiger partial charge in [-0.15, -0.1) is 0 Å². The fourth-order valence-corrected chi connectivity index (χ4v) is 2.32. The summed E-state index contributed by atoms with van der Waals surface area (Å²) in [5.74, 6) is 0.936. The van der Waals surface area contributed by atoms with Crippen molar-refractivity contribution in [3.8, 4) is 5.75 Å². The van der Waals surface area contributed by atoms with Crippen LogP contribution in [-0.4, -0.2) is 12.4 Å². The predicted molar refractivity (Wildman–Crippen MR) is 62.7 cm³/mol. The molecule has 0 aromatic heterocycles. The number of aldehydes is 1. The SMILES string of the molecule is O=CCC1Cc2c(ccc3ccccc23)O1.